The lowest BCUT2D eigenvalue weighted by Crippen LogP contribution is -2.14. The molecule has 0 saturated carbocycles. The summed E-state index contributed by atoms with van der Waals surface area (Å²) in [6.45, 7) is -0.668. The summed E-state index contributed by atoms with van der Waals surface area (Å²) in [6.07, 6.45) is -0.628. The van der Waals surface area contributed by atoms with Gasteiger partial charge in [0.25, 0.3) is 12.3 Å². The third kappa shape index (κ3) is 4.50. The molecule has 0 fully saturated rings. The Balaban J connectivity index is 1.44. The molecule has 1 N–H and O–H groups in total. The van der Waals surface area contributed by atoms with Gasteiger partial charge in [0, 0.05) is 23.9 Å². The van der Waals surface area contributed by atoms with Crippen molar-refractivity contribution in [3.8, 4) is 11.3 Å². The summed E-state index contributed by atoms with van der Waals surface area (Å²) in [5, 5.41) is 10.2. The number of alkyl halides is 2. The number of nitrogens with one attached hydrogen (secondary N) is 1. The standard InChI is InChI=1S/C24H14F6N6O/c25-15-8-16(26)21(28)14(20(15)27)11-35-7-6-19(34-35)33-24(37)13-10-31-36-18(22(29)30)9-17(32-23(13)36)12-4-2-1-3-5-12/h1-10,22H,11H2,(H,33,34,37). The van der Waals surface area contributed by atoms with Gasteiger partial charge in [-0.05, 0) is 6.07 Å². The van der Waals surface area contributed by atoms with Gasteiger partial charge in [0.15, 0.2) is 34.7 Å². The number of rotatable bonds is 6. The van der Waals surface area contributed by atoms with Crippen LogP contribution in [0.3, 0.4) is 0 Å². The summed E-state index contributed by atoms with van der Waals surface area (Å²) in [5.41, 5.74) is -0.886. The molecule has 0 atom stereocenters. The molecule has 0 aliphatic heterocycles. The number of amides is 1. The van der Waals surface area contributed by atoms with Gasteiger partial charge in [0.05, 0.1) is 24.0 Å². The number of nitrogens with zero attached hydrogens (tertiary/aromatic N) is 5. The van der Waals surface area contributed by atoms with Crippen LogP contribution in [-0.2, 0) is 6.54 Å². The number of fused-ring (bicyclic) bond motifs is 1. The first-order valence-electron chi connectivity index (χ1n) is 10.6. The molecule has 5 aromatic rings. The molecule has 1 amide bonds. The Labute approximate surface area is 204 Å². The first-order valence-corrected chi connectivity index (χ1v) is 10.6. The third-order valence-corrected chi connectivity index (χ3v) is 5.44. The molecule has 0 unspecified atom stereocenters. The molecule has 188 valence electrons. The van der Waals surface area contributed by atoms with Crippen LogP contribution in [0.2, 0.25) is 0 Å². The van der Waals surface area contributed by atoms with E-state index in [4.69, 9.17) is 0 Å². The van der Waals surface area contributed by atoms with Gasteiger partial charge in [-0.2, -0.15) is 10.2 Å². The minimum atomic E-state index is -2.91. The molecule has 7 nitrogen and oxygen atoms in total. The third-order valence-electron chi connectivity index (χ3n) is 5.44. The lowest BCUT2D eigenvalue weighted by atomic mass is 10.1. The van der Waals surface area contributed by atoms with E-state index in [9.17, 15) is 31.1 Å². The lowest BCUT2D eigenvalue weighted by molar-refractivity contribution is 0.102. The van der Waals surface area contributed by atoms with Gasteiger partial charge in [0.1, 0.15) is 11.3 Å². The first-order chi connectivity index (χ1) is 17.7. The second-order valence-corrected chi connectivity index (χ2v) is 7.83. The predicted molar refractivity (Wildman–Crippen MR) is 119 cm³/mol. The highest BCUT2D eigenvalue weighted by molar-refractivity contribution is 6.07. The van der Waals surface area contributed by atoms with Gasteiger partial charge in [-0.3, -0.25) is 9.48 Å². The van der Waals surface area contributed by atoms with E-state index < -0.39 is 53.4 Å². The summed E-state index contributed by atoms with van der Waals surface area (Å²) >= 11 is 0. The van der Waals surface area contributed by atoms with Gasteiger partial charge in [-0.25, -0.2) is 35.8 Å². The Morgan fingerprint density at radius 2 is 1.68 bits per heavy atom. The minimum Gasteiger partial charge on any atom is -0.305 e. The molecule has 0 spiro atoms. The second kappa shape index (κ2) is 9.41. The molecule has 5 rings (SSSR count). The van der Waals surface area contributed by atoms with Crippen molar-refractivity contribution in [2.24, 2.45) is 0 Å². The molecule has 3 heterocycles. The molecule has 0 aliphatic carbocycles. The summed E-state index contributed by atoms with van der Waals surface area (Å²) < 4.78 is 84.1. The van der Waals surface area contributed by atoms with Crippen LogP contribution >= 0.6 is 0 Å². The van der Waals surface area contributed by atoms with Crippen molar-refractivity contribution < 1.29 is 31.1 Å². The number of carbonyl (C=O) groups is 1. The van der Waals surface area contributed by atoms with Crippen molar-refractivity contribution in [1.82, 2.24) is 24.4 Å². The lowest BCUT2D eigenvalue weighted by Gasteiger charge is -2.08. The van der Waals surface area contributed by atoms with Crippen LogP contribution in [0.25, 0.3) is 16.9 Å². The Morgan fingerprint density at radius 3 is 2.35 bits per heavy atom. The normalized spacial score (nSPS) is 11.4. The number of benzene rings is 2. The average molecular weight is 516 g/mol. The molecule has 0 aliphatic rings. The van der Waals surface area contributed by atoms with Gasteiger partial charge >= 0.3 is 0 Å². The number of hydrogen-bond donors (Lipinski definition) is 1. The highest BCUT2D eigenvalue weighted by atomic mass is 19.3. The Morgan fingerprint density at radius 1 is 0.973 bits per heavy atom. The topological polar surface area (TPSA) is 77.1 Å². The fourth-order valence-corrected chi connectivity index (χ4v) is 3.68. The van der Waals surface area contributed by atoms with Gasteiger partial charge in [-0.1, -0.05) is 30.3 Å². The van der Waals surface area contributed by atoms with Crippen LogP contribution in [0.1, 0.15) is 28.0 Å². The van der Waals surface area contributed by atoms with E-state index in [-0.39, 0.29) is 28.8 Å². The summed E-state index contributed by atoms with van der Waals surface area (Å²) in [4.78, 5) is 17.3. The SMILES string of the molecule is O=C(Nc1ccn(Cc2c(F)c(F)cc(F)c2F)n1)c1cnn2c(C(F)F)cc(-c3ccccc3)nc12. The van der Waals surface area contributed by atoms with E-state index >= 15 is 0 Å². The maximum atomic E-state index is 14.0. The number of halogens is 6. The van der Waals surface area contributed by atoms with Crippen LogP contribution < -0.4 is 5.32 Å². The van der Waals surface area contributed by atoms with Crippen LogP contribution in [0.4, 0.5) is 32.2 Å². The van der Waals surface area contributed by atoms with E-state index in [0.29, 0.717) is 5.56 Å². The molecule has 0 bridgehead atoms. The van der Waals surface area contributed by atoms with Crippen molar-refractivity contribution >= 4 is 17.4 Å². The van der Waals surface area contributed by atoms with Crippen LogP contribution in [0.15, 0.2) is 60.9 Å². The zero-order valence-electron chi connectivity index (χ0n) is 18.5. The predicted octanol–water partition coefficient (Wildman–Crippen LogP) is 5.39. The molecule has 0 radical (unpaired) electrons. The molecule has 3 aromatic heterocycles. The number of carbonyl (C=O) groups excluding carboxylic acids is 1. The zero-order valence-corrected chi connectivity index (χ0v) is 18.5. The molecule has 13 heteroatoms. The monoisotopic (exact) mass is 516 g/mol. The van der Waals surface area contributed by atoms with E-state index in [1.165, 1.54) is 18.3 Å². The molecular weight excluding hydrogens is 502 g/mol. The van der Waals surface area contributed by atoms with Gasteiger partial charge in [-0.15, -0.1) is 0 Å². The highest BCUT2D eigenvalue weighted by Crippen LogP contribution is 2.27. The summed E-state index contributed by atoms with van der Waals surface area (Å²) in [6, 6.07) is 11.1. The van der Waals surface area contributed by atoms with Crippen LogP contribution in [-0.4, -0.2) is 30.3 Å². The molecule has 2 aromatic carbocycles. The van der Waals surface area contributed by atoms with E-state index in [2.05, 4.69) is 20.5 Å². The van der Waals surface area contributed by atoms with Crippen molar-refractivity contribution in [1.29, 1.82) is 0 Å². The zero-order chi connectivity index (χ0) is 26.3. The van der Waals surface area contributed by atoms with Gasteiger partial charge in [0.2, 0.25) is 0 Å². The number of hydrogen-bond acceptors (Lipinski definition) is 4. The Kier molecular flexibility index (Phi) is 6.11. The van der Waals surface area contributed by atoms with Crippen molar-refractivity contribution in [3.05, 3.63) is 101 Å². The largest absolute Gasteiger partial charge is 0.305 e. The Hall–Kier alpha value is -4.68. The smallest absolute Gasteiger partial charge is 0.280 e. The molecule has 37 heavy (non-hydrogen) atoms. The van der Waals surface area contributed by atoms with Crippen LogP contribution in [0.5, 0.6) is 0 Å². The number of anilines is 1. The fraction of sp³-hybridized carbons (Fsp3) is 0.0833. The van der Waals surface area contributed by atoms with Crippen molar-refractivity contribution in [3.63, 3.8) is 0 Å². The second-order valence-electron chi connectivity index (χ2n) is 7.83. The quantitative estimate of drug-likeness (QED) is 0.243. The molecule has 0 saturated heterocycles. The minimum absolute atomic E-state index is 0.0876. The maximum absolute atomic E-state index is 14.0. The fourth-order valence-electron chi connectivity index (χ4n) is 3.68. The average Bonchev–Trinajstić information content (AvgIpc) is 3.52. The van der Waals surface area contributed by atoms with E-state index in [1.807, 2.05) is 0 Å². The van der Waals surface area contributed by atoms with Gasteiger partial charge < -0.3 is 5.32 Å². The van der Waals surface area contributed by atoms with Crippen molar-refractivity contribution in [2.75, 3.05) is 5.32 Å². The van der Waals surface area contributed by atoms with Crippen molar-refractivity contribution in [2.45, 2.75) is 13.0 Å². The Bertz CT molecular complexity index is 1610. The summed E-state index contributed by atoms with van der Waals surface area (Å²) in [7, 11) is 0. The first kappa shape index (κ1) is 24.0. The maximum Gasteiger partial charge on any atom is 0.280 e. The van der Waals surface area contributed by atoms with E-state index in [0.717, 1.165) is 15.4 Å². The van der Waals surface area contributed by atoms with E-state index in [1.54, 1.807) is 30.3 Å². The number of aromatic nitrogens is 5. The molecular formula is C24H14F6N6O. The van der Waals surface area contributed by atoms with Crippen LogP contribution in [0, 0.1) is 23.3 Å². The highest BCUT2D eigenvalue weighted by Gasteiger charge is 2.23. The summed E-state index contributed by atoms with van der Waals surface area (Å²) in [5.74, 6) is -7.15.